The third-order valence-corrected chi connectivity index (χ3v) is 5.86. The number of amides is 2. The Bertz CT molecular complexity index is 1150. The number of nitrogens with zero attached hydrogens (tertiary/aromatic N) is 1. The number of halogens is 1. The molecule has 0 saturated heterocycles. The first-order valence-corrected chi connectivity index (χ1v) is 12.1. The maximum atomic E-state index is 12.8. The van der Waals surface area contributed by atoms with Crippen molar-refractivity contribution in [1.82, 2.24) is 10.3 Å². The molecule has 0 aliphatic rings. The monoisotopic (exact) mass is 485 g/mol. The molecule has 9 heteroatoms. The maximum Gasteiger partial charge on any atom is 0.329 e. The first-order valence-electron chi connectivity index (χ1n) is 10.3. The highest BCUT2D eigenvalue weighted by molar-refractivity contribution is 7.98. The highest BCUT2D eigenvalue weighted by atomic mass is 35.5. The van der Waals surface area contributed by atoms with Gasteiger partial charge in [0.05, 0.1) is 21.8 Å². The number of esters is 1. The van der Waals surface area contributed by atoms with Crippen LogP contribution in [0.4, 0.5) is 5.69 Å². The van der Waals surface area contributed by atoms with Crippen molar-refractivity contribution in [3.8, 4) is 0 Å². The van der Waals surface area contributed by atoms with Gasteiger partial charge < -0.3 is 15.4 Å². The highest BCUT2D eigenvalue weighted by Gasteiger charge is 2.27. The third kappa shape index (κ3) is 6.46. The Balaban J connectivity index is 1.67. The Hall–Kier alpha value is -3.10. The number of hydrogen-bond donors (Lipinski definition) is 2. The zero-order valence-electron chi connectivity index (χ0n) is 18.2. The van der Waals surface area contributed by atoms with Crippen molar-refractivity contribution in [3.05, 3.63) is 71.4 Å². The molecule has 3 rings (SSSR count). The van der Waals surface area contributed by atoms with E-state index in [1.165, 1.54) is 18.7 Å². The minimum atomic E-state index is -1.07. The standard InChI is InChI=1S/C24H24ClN3O4S/c1-15(22(29)27-20-11-5-10-19-17(20)8-6-13-26-19)32-24(31)21(12-14-33-2)28-23(30)16-7-3-4-9-18(16)25/h3-11,13,15,21H,12,14H2,1-2H3,(H,27,29)(H,28,30). The van der Waals surface area contributed by atoms with Gasteiger partial charge in [-0.3, -0.25) is 14.6 Å². The predicted octanol–water partition coefficient (Wildman–Crippen LogP) is 4.31. The summed E-state index contributed by atoms with van der Waals surface area (Å²) >= 11 is 7.62. The molecule has 2 amide bonds. The first kappa shape index (κ1) is 24.5. The second kappa shape index (κ2) is 11.7. The average molecular weight is 486 g/mol. The number of fused-ring (bicyclic) bond motifs is 1. The predicted molar refractivity (Wildman–Crippen MR) is 132 cm³/mol. The lowest BCUT2D eigenvalue weighted by molar-refractivity contribution is -0.155. The van der Waals surface area contributed by atoms with Gasteiger partial charge in [0, 0.05) is 11.6 Å². The molecule has 2 unspecified atom stereocenters. The van der Waals surface area contributed by atoms with E-state index in [-0.39, 0.29) is 10.6 Å². The number of aromatic nitrogens is 1. The van der Waals surface area contributed by atoms with Gasteiger partial charge in [-0.2, -0.15) is 11.8 Å². The number of rotatable bonds is 9. The topological polar surface area (TPSA) is 97.4 Å². The Morgan fingerprint density at radius 3 is 2.64 bits per heavy atom. The van der Waals surface area contributed by atoms with Crippen LogP contribution in [0.3, 0.4) is 0 Å². The number of ether oxygens (including phenoxy) is 1. The molecule has 0 aliphatic carbocycles. The Kier molecular flexibility index (Phi) is 8.68. The lowest BCUT2D eigenvalue weighted by Gasteiger charge is -2.20. The van der Waals surface area contributed by atoms with Gasteiger partial charge in [0.1, 0.15) is 6.04 Å². The zero-order chi connectivity index (χ0) is 23.8. The van der Waals surface area contributed by atoms with Crippen LogP contribution in [0.5, 0.6) is 0 Å². The summed E-state index contributed by atoms with van der Waals surface area (Å²) in [6, 6.07) is 14.6. The molecule has 2 aromatic carbocycles. The molecule has 33 heavy (non-hydrogen) atoms. The van der Waals surface area contributed by atoms with Crippen LogP contribution in [0.1, 0.15) is 23.7 Å². The Morgan fingerprint density at radius 1 is 1.09 bits per heavy atom. The van der Waals surface area contributed by atoms with Crippen molar-refractivity contribution in [3.63, 3.8) is 0 Å². The molecule has 0 saturated carbocycles. The van der Waals surface area contributed by atoms with E-state index in [1.54, 1.807) is 48.7 Å². The van der Waals surface area contributed by atoms with E-state index in [9.17, 15) is 14.4 Å². The molecule has 0 bridgehead atoms. The lowest BCUT2D eigenvalue weighted by Crippen LogP contribution is -2.44. The maximum absolute atomic E-state index is 12.8. The number of anilines is 1. The van der Waals surface area contributed by atoms with E-state index in [2.05, 4.69) is 15.6 Å². The van der Waals surface area contributed by atoms with Gasteiger partial charge in [0.25, 0.3) is 11.8 Å². The fourth-order valence-electron chi connectivity index (χ4n) is 3.12. The molecular formula is C24H24ClN3O4S. The number of thioether (sulfide) groups is 1. The fourth-order valence-corrected chi connectivity index (χ4v) is 3.82. The van der Waals surface area contributed by atoms with E-state index in [0.717, 1.165) is 10.9 Å². The molecule has 1 heterocycles. The van der Waals surface area contributed by atoms with Crippen LogP contribution in [0.15, 0.2) is 60.8 Å². The van der Waals surface area contributed by atoms with E-state index in [0.29, 0.717) is 17.9 Å². The van der Waals surface area contributed by atoms with Gasteiger partial charge in [0.2, 0.25) is 0 Å². The summed E-state index contributed by atoms with van der Waals surface area (Å²) in [5.74, 6) is -1.04. The average Bonchev–Trinajstić information content (AvgIpc) is 2.82. The molecule has 3 aromatic rings. The summed E-state index contributed by atoms with van der Waals surface area (Å²) in [6.45, 7) is 1.48. The smallest absolute Gasteiger partial charge is 0.329 e. The second-order valence-corrected chi connectivity index (χ2v) is 8.62. The number of nitrogens with one attached hydrogen (secondary N) is 2. The largest absolute Gasteiger partial charge is 0.451 e. The number of hydrogen-bond acceptors (Lipinski definition) is 6. The summed E-state index contributed by atoms with van der Waals surface area (Å²) < 4.78 is 5.40. The molecule has 2 atom stereocenters. The van der Waals surface area contributed by atoms with Gasteiger partial charge >= 0.3 is 5.97 Å². The number of carbonyl (C=O) groups excluding carboxylic acids is 3. The van der Waals surface area contributed by atoms with Gasteiger partial charge in [0.15, 0.2) is 6.10 Å². The van der Waals surface area contributed by atoms with Crippen molar-refractivity contribution in [2.75, 3.05) is 17.3 Å². The van der Waals surface area contributed by atoms with Crippen LogP contribution in [0, 0.1) is 0 Å². The van der Waals surface area contributed by atoms with Crippen LogP contribution >= 0.6 is 23.4 Å². The molecule has 172 valence electrons. The van der Waals surface area contributed by atoms with Crippen LogP contribution in [0.2, 0.25) is 5.02 Å². The molecule has 0 fully saturated rings. The van der Waals surface area contributed by atoms with Gasteiger partial charge in [-0.05, 0) is 61.8 Å². The van der Waals surface area contributed by atoms with Crippen LogP contribution in [-0.4, -0.2) is 46.9 Å². The Labute approximate surface area is 201 Å². The zero-order valence-corrected chi connectivity index (χ0v) is 19.8. The molecule has 7 nitrogen and oxygen atoms in total. The van der Waals surface area contributed by atoms with Crippen molar-refractivity contribution in [2.24, 2.45) is 0 Å². The summed E-state index contributed by atoms with van der Waals surface area (Å²) in [5.41, 5.74) is 1.57. The van der Waals surface area contributed by atoms with E-state index >= 15 is 0 Å². The van der Waals surface area contributed by atoms with E-state index in [4.69, 9.17) is 16.3 Å². The minimum Gasteiger partial charge on any atom is -0.451 e. The van der Waals surface area contributed by atoms with E-state index < -0.39 is 29.9 Å². The van der Waals surface area contributed by atoms with Crippen molar-refractivity contribution in [2.45, 2.75) is 25.5 Å². The summed E-state index contributed by atoms with van der Waals surface area (Å²) in [7, 11) is 0. The minimum absolute atomic E-state index is 0.261. The van der Waals surface area contributed by atoms with Crippen molar-refractivity contribution in [1.29, 1.82) is 0 Å². The normalized spacial score (nSPS) is 12.6. The summed E-state index contributed by atoms with van der Waals surface area (Å²) in [4.78, 5) is 42.4. The van der Waals surface area contributed by atoms with Gasteiger partial charge in [-0.15, -0.1) is 0 Å². The molecule has 2 N–H and O–H groups in total. The van der Waals surface area contributed by atoms with Crippen molar-refractivity contribution < 1.29 is 19.1 Å². The highest BCUT2D eigenvalue weighted by Crippen LogP contribution is 2.22. The quantitative estimate of drug-likeness (QED) is 0.438. The molecule has 0 spiro atoms. The number of carbonyl (C=O) groups is 3. The number of benzene rings is 2. The molecule has 0 radical (unpaired) electrons. The van der Waals surface area contributed by atoms with Crippen molar-refractivity contribution >= 4 is 57.7 Å². The van der Waals surface area contributed by atoms with Crippen LogP contribution in [0.25, 0.3) is 10.9 Å². The first-order chi connectivity index (χ1) is 15.9. The lowest BCUT2D eigenvalue weighted by atomic mass is 10.1. The van der Waals surface area contributed by atoms with Crippen LogP contribution < -0.4 is 10.6 Å². The fraction of sp³-hybridized carbons (Fsp3) is 0.250. The second-order valence-electron chi connectivity index (χ2n) is 7.23. The van der Waals surface area contributed by atoms with E-state index in [1.807, 2.05) is 18.4 Å². The summed E-state index contributed by atoms with van der Waals surface area (Å²) in [6.07, 6.45) is 2.84. The Morgan fingerprint density at radius 2 is 1.88 bits per heavy atom. The van der Waals surface area contributed by atoms with Gasteiger partial charge in [-0.25, -0.2) is 4.79 Å². The molecule has 0 aliphatic heterocycles. The van der Waals surface area contributed by atoms with Crippen LogP contribution in [-0.2, 0) is 14.3 Å². The molecular weight excluding hydrogens is 462 g/mol. The third-order valence-electron chi connectivity index (χ3n) is 4.88. The van der Waals surface area contributed by atoms with Gasteiger partial charge in [-0.1, -0.05) is 29.8 Å². The summed E-state index contributed by atoms with van der Waals surface area (Å²) in [5, 5.41) is 6.51. The molecule has 1 aromatic heterocycles. The SMILES string of the molecule is CSCCC(NC(=O)c1ccccc1Cl)C(=O)OC(C)C(=O)Nc1cccc2ncccc12. The number of pyridine rings is 1.